The van der Waals surface area contributed by atoms with Gasteiger partial charge in [-0.1, -0.05) is 67.8 Å². The zero-order valence-corrected chi connectivity index (χ0v) is 23.8. The molecule has 1 aromatic heterocycles. The number of fused-ring (bicyclic) bond motifs is 1. The average molecular weight is 564 g/mol. The van der Waals surface area contributed by atoms with Gasteiger partial charge in [0.15, 0.2) is 0 Å². The first-order chi connectivity index (χ1) is 19.2. The minimum Gasteiger partial charge on any atom is -0.481 e. The fourth-order valence-corrected chi connectivity index (χ4v) is 5.53. The lowest BCUT2D eigenvalue weighted by molar-refractivity contribution is -0.136. The molecule has 40 heavy (non-hydrogen) atoms. The summed E-state index contributed by atoms with van der Waals surface area (Å²) in [5, 5.41) is 12.1. The number of nitrogens with zero attached hydrogens (tertiary/aromatic N) is 2. The van der Waals surface area contributed by atoms with Crippen molar-refractivity contribution < 1.29 is 19.1 Å². The number of nitrogens with one attached hydrogen (secondary N) is 1. The van der Waals surface area contributed by atoms with Crippen LogP contribution in [0.2, 0.25) is 5.02 Å². The Balaban J connectivity index is 1.80. The summed E-state index contributed by atoms with van der Waals surface area (Å²) in [5.74, 6) is -1.44. The molecule has 210 valence electrons. The van der Waals surface area contributed by atoms with Crippen LogP contribution in [0.1, 0.15) is 103 Å². The number of hydrogen-bond acceptors (Lipinski definition) is 4. The average Bonchev–Trinajstić information content (AvgIpc) is 3.04. The van der Waals surface area contributed by atoms with Crippen LogP contribution in [0.5, 0.6) is 0 Å². The molecule has 8 heteroatoms. The molecule has 0 bridgehead atoms. The molecule has 1 aliphatic carbocycles. The van der Waals surface area contributed by atoms with Crippen LogP contribution in [0, 0.1) is 5.92 Å². The highest BCUT2D eigenvalue weighted by molar-refractivity contribution is 6.30. The van der Waals surface area contributed by atoms with Crippen molar-refractivity contribution in [2.45, 2.75) is 64.5 Å². The van der Waals surface area contributed by atoms with E-state index in [1.165, 1.54) is 6.33 Å². The standard InChI is InChI=1S/C32H35ClFN3O3/c1-4-5-25(21-6-8-23(9-7-21)32(40)35-15-14-28(38)39)29(22-10-12-24(33)13-11-22)31-26-16-19(2)20(3)17-27(34)30(26)36-18-37-31/h6-13,16,18,20,25,27,29H,4-5,14-15,17H2,1-3H3,(H,35,40)(H,38,39). The number of hydrogen-bond donors (Lipinski definition) is 2. The number of carboxylic acids is 1. The number of halogens is 2. The zero-order chi connectivity index (χ0) is 28.8. The monoisotopic (exact) mass is 563 g/mol. The molecule has 0 radical (unpaired) electrons. The zero-order valence-electron chi connectivity index (χ0n) is 23.0. The molecule has 0 spiro atoms. The fraction of sp³-hybridized carbons (Fsp3) is 0.375. The molecule has 6 nitrogen and oxygen atoms in total. The number of carbonyl (C=O) groups is 2. The van der Waals surface area contributed by atoms with Crippen molar-refractivity contribution in [2.24, 2.45) is 5.92 Å². The van der Waals surface area contributed by atoms with Gasteiger partial charge in [0.25, 0.3) is 5.91 Å². The van der Waals surface area contributed by atoms with Crippen LogP contribution in [-0.4, -0.2) is 33.5 Å². The Morgan fingerprint density at radius 2 is 1.77 bits per heavy atom. The first-order valence-electron chi connectivity index (χ1n) is 13.7. The van der Waals surface area contributed by atoms with E-state index in [0.29, 0.717) is 22.7 Å². The Kier molecular flexibility index (Phi) is 9.69. The van der Waals surface area contributed by atoms with Crippen molar-refractivity contribution in [3.63, 3.8) is 0 Å². The number of carbonyl (C=O) groups excluding carboxylic acids is 1. The van der Waals surface area contributed by atoms with Crippen LogP contribution >= 0.6 is 11.6 Å². The molecule has 4 atom stereocenters. The van der Waals surface area contributed by atoms with E-state index in [9.17, 15) is 9.59 Å². The highest BCUT2D eigenvalue weighted by atomic mass is 35.5. The van der Waals surface area contributed by atoms with Crippen LogP contribution in [-0.2, 0) is 4.79 Å². The first-order valence-corrected chi connectivity index (χ1v) is 14.1. The molecule has 2 N–H and O–H groups in total. The predicted octanol–water partition coefficient (Wildman–Crippen LogP) is 7.50. The molecule has 0 aliphatic heterocycles. The third kappa shape index (κ3) is 6.76. The Labute approximate surface area is 239 Å². The molecule has 0 saturated heterocycles. The summed E-state index contributed by atoms with van der Waals surface area (Å²) >= 11 is 6.26. The van der Waals surface area contributed by atoms with Crippen molar-refractivity contribution in [1.29, 1.82) is 0 Å². The van der Waals surface area contributed by atoms with Crippen molar-refractivity contribution in [2.75, 3.05) is 6.54 Å². The molecule has 3 aromatic rings. The summed E-state index contributed by atoms with van der Waals surface area (Å²) in [5.41, 5.74) is 5.53. The number of alkyl halides is 1. The molecule has 2 aromatic carbocycles. The van der Waals surface area contributed by atoms with E-state index in [0.717, 1.165) is 40.8 Å². The van der Waals surface area contributed by atoms with Gasteiger partial charge >= 0.3 is 5.97 Å². The normalized spacial score (nSPS) is 18.2. The maximum Gasteiger partial charge on any atom is 0.305 e. The first kappa shape index (κ1) is 29.4. The quantitative estimate of drug-likeness (QED) is 0.266. The van der Waals surface area contributed by atoms with Gasteiger partial charge in [-0.05, 0) is 67.0 Å². The Bertz CT molecular complexity index is 1380. The Morgan fingerprint density at radius 1 is 1.10 bits per heavy atom. The van der Waals surface area contributed by atoms with Gasteiger partial charge in [-0.2, -0.15) is 0 Å². The van der Waals surface area contributed by atoms with Crippen LogP contribution in [0.15, 0.2) is 60.4 Å². The number of carboxylic acid groups (broad SMARTS) is 1. The summed E-state index contributed by atoms with van der Waals surface area (Å²) in [6, 6.07) is 15.1. The SMILES string of the molecule is CCCC(c1ccc(C(=O)NCCC(=O)O)cc1)C(c1ccc(Cl)cc1)c1ncnc2c1C=C(C)C(C)CC2F. The number of aliphatic carboxylic acids is 1. The van der Waals surface area contributed by atoms with Gasteiger partial charge in [0.1, 0.15) is 12.5 Å². The second kappa shape index (κ2) is 13.2. The van der Waals surface area contributed by atoms with Gasteiger partial charge in [0.2, 0.25) is 0 Å². The minimum absolute atomic E-state index is 0.0262. The van der Waals surface area contributed by atoms with Crippen LogP contribution in [0.25, 0.3) is 6.08 Å². The van der Waals surface area contributed by atoms with Gasteiger partial charge in [0.05, 0.1) is 17.8 Å². The van der Waals surface area contributed by atoms with Gasteiger partial charge < -0.3 is 10.4 Å². The highest BCUT2D eigenvalue weighted by Crippen LogP contribution is 2.45. The van der Waals surface area contributed by atoms with E-state index < -0.39 is 12.1 Å². The summed E-state index contributed by atoms with van der Waals surface area (Å²) < 4.78 is 15.5. The number of benzene rings is 2. The molecule has 1 aliphatic rings. The van der Waals surface area contributed by atoms with E-state index in [4.69, 9.17) is 21.7 Å². The summed E-state index contributed by atoms with van der Waals surface area (Å²) in [6.45, 7) is 6.25. The van der Waals surface area contributed by atoms with Crippen molar-refractivity contribution in [3.05, 3.63) is 99.1 Å². The van der Waals surface area contributed by atoms with E-state index in [1.54, 1.807) is 12.1 Å². The summed E-state index contributed by atoms with van der Waals surface area (Å²) in [7, 11) is 0. The molecule has 1 amide bonds. The van der Waals surface area contributed by atoms with E-state index in [2.05, 4.69) is 17.2 Å². The van der Waals surface area contributed by atoms with Crippen molar-refractivity contribution in [3.8, 4) is 0 Å². The summed E-state index contributed by atoms with van der Waals surface area (Å²) in [4.78, 5) is 32.5. The lowest BCUT2D eigenvalue weighted by Gasteiger charge is -2.29. The number of aromatic nitrogens is 2. The smallest absolute Gasteiger partial charge is 0.305 e. The number of amides is 1. The molecular formula is C32H35ClFN3O3. The maximum absolute atomic E-state index is 15.5. The topological polar surface area (TPSA) is 92.2 Å². The van der Waals surface area contributed by atoms with E-state index >= 15 is 4.39 Å². The predicted molar refractivity (Wildman–Crippen MR) is 155 cm³/mol. The molecule has 0 saturated carbocycles. The third-order valence-corrected chi connectivity index (χ3v) is 7.96. The molecule has 4 unspecified atom stereocenters. The second-order valence-electron chi connectivity index (χ2n) is 10.5. The van der Waals surface area contributed by atoms with Crippen LogP contribution in [0.4, 0.5) is 4.39 Å². The Hall–Kier alpha value is -3.58. The fourth-order valence-electron chi connectivity index (χ4n) is 5.40. The number of allylic oxidation sites excluding steroid dienone is 1. The summed E-state index contributed by atoms with van der Waals surface area (Å²) in [6.07, 6.45) is 4.30. The van der Waals surface area contributed by atoms with Gasteiger partial charge in [-0.25, -0.2) is 14.4 Å². The third-order valence-electron chi connectivity index (χ3n) is 7.70. The maximum atomic E-state index is 15.5. The lowest BCUT2D eigenvalue weighted by Crippen LogP contribution is -2.26. The van der Waals surface area contributed by atoms with Crippen molar-refractivity contribution >= 4 is 29.6 Å². The highest BCUT2D eigenvalue weighted by Gasteiger charge is 2.33. The van der Waals surface area contributed by atoms with E-state index in [1.807, 2.05) is 56.3 Å². The second-order valence-corrected chi connectivity index (χ2v) is 10.9. The van der Waals surface area contributed by atoms with Crippen LogP contribution in [0.3, 0.4) is 0 Å². The van der Waals surface area contributed by atoms with Gasteiger partial charge in [-0.3, -0.25) is 9.59 Å². The molecule has 4 rings (SSSR count). The lowest BCUT2D eigenvalue weighted by atomic mass is 9.75. The van der Waals surface area contributed by atoms with Gasteiger partial charge in [0, 0.05) is 28.6 Å². The Morgan fingerprint density at radius 3 is 2.42 bits per heavy atom. The molecule has 1 heterocycles. The van der Waals surface area contributed by atoms with Crippen LogP contribution < -0.4 is 5.32 Å². The van der Waals surface area contributed by atoms with E-state index in [-0.39, 0.29) is 36.6 Å². The molecule has 0 fully saturated rings. The largest absolute Gasteiger partial charge is 0.481 e. The van der Waals surface area contributed by atoms with Gasteiger partial charge in [-0.15, -0.1) is 0 Å². The number of rotatable bonds is 10. The molecular weight excluding hydrogens is 529 g/mol. The van der Waals surface area contributed by atoms with Crippen molar-refractivity contribution in [1.82, 2.24) is 15.3 Å². The minimum atomic E-state index is -1.19.